The Morgan fingerprint density at radius 3 is 2.38 bits per heavy atom. The Morgan fingerprint density at radius 2 is 1.67 bits per heavy atom. The maximum absolute atomic E-state index is 12.2. The second-order valence-corrected chi connectivity index (χ2v) is 6.24. The van der Waals surface area contributed by atoms with Gasteiger partial charge in [-0.3, -0.25) is 0 Å². The minimum Gasteiger partial charge on any atom is -0.459 e. The van der Waals surface area contributed by atoms with Crippen molar-refractivity contribution in [1.82, 2.24) is 10.6 Å². The zero-order chi connectivity index (χ0) is 17.1. The van der Waals surface area contributed by atoms with Crippen molar-refractivity contribution in [3.63, 3.8) is 0 Å². The molecule has 1 heterocycles. The molecule has 0 aliphatic carbocycles. The van der Waals surface area contributed by atoms with E-state index < -0.39 is 0 Å². The smallest absolute Gasteiger partial charge is 0.315 e. The van der Waals surface area contributed by atoms with Crippen molar-refractivity contribution in [1.29, 1.82) is 0 Å². The Hall–Kier alpha value is -2.46. The number of amides is 2. The van der Waals surface area contributed by atoms with E-state index in [0.717, 1.165) is 22.3 Å². The summed E-state index contributed by atoms with van der Waals surface area (Å²) < 4.78 is 5.78. The van der Waals surface area contributed by atoms with Gasteiger partial charge in [-0.2, -0.15) is 0 Å². The van der Waals surface area contributed by atoms with E-state index in [1.165, 1.54) is 0 Å². The molecule has 1 aromatic heterocycles. The van der Waals surface area contributed by atoms with Crippen LogP contribution < -0.4 is 10.6 Å². The molecule has 2 N–H and O–H groups in total. The molecule has 0 aliphatic heterocycles. The second-order valence-electron chi connectivity index (χ2n) is 5.80. The molecule has 3 rings (SSSR count). The highest BCUT2D eigenvalue weighted by Gasteiger charge is 2.16. The standard InChI is InChI=1S/C19H19ClN2O2/c1-12(14-7-9-16(20)10-8-14)21-19(23)22-13(2)18-11-15-5-3-4-6-17(15)24-18/h3-13H,1-2H3,(H2,21,22,23)/t12-,13-/m1/s1. The molecular formula is C19H19ClN2O2. The third-order valence-electron chi connectivity index (χ3n) is 3.94. The number of urea groups is 1. The highest BCUT2D eigenvalue weighted by Crippen LogP contribution is 2.23. The Balaban J connectivity index is 1.62. The van der Waals surface area contributed by atoms with Crippen molar-refractivity contribution < 1.29 is 9.21 Å². The monoisotopic (exact) mass is 342 g/mol. The van der Waals surface area contributed by atoms with Crippen LogP contribution in [0.25, 0.3) is 11.0 Å². The van der Waals surface area contributed by atoms with Crippen molar-refractivity contribution in [3.8, 4) is 0 Å². The van der Waals surface area contributed by atoms with Gasteiger partial charge >= 0.3 is 6.03 Å². The number of benzene rings is 2. The molecule has 2 aromatic carbocycles. The molecule has 0 aliphatic rings. The van der Waals surface area contributed by atoms with Crippen molar-refractivity contribution in [3.05, 3.63) is 70.9 Å². The number of furan rings is 1. The van der Waals surface area contributed by atoms with Gasteiger partial charge in [0.05, 0.1) is 12.1 Å². The number of carbonyl (C=O) groups is 1. The number of fused-ring (bicyclic) bond motifs is 1. The molecule has 0 radical (unpaired) electrons. The molecule has 0 fully saturated rings. The van der Waals surface area contributed by atoms with Crippen molar-refractivity contribution in [2.75, 3.05) is 0 Å². The number of nitrogens with one attached hydrogen (secondary N) is 2. The third kappa shape index (κ3) is 3.71. The molecule has 0 unspecified atom stereocenters. The molecule has 4 nitrogen and oxygen atoms in total. The Labute approximate surface area is 145 Å². The van der Waals surface area contributed by atoms with E-state index in [1.54, 1.807) is 0 Å². The van der Waals surface area contributed by atoms with Gasteiger partial charge in [0.2, 0.25) is 0 Å². The highest BCUT2D eigenvalue weighted by molar-refractivity contribution is 6.30. The predicted octanol–water partition coefficient (Wildman–Crippen LogP) is 5.21. The first kappa shape index (κ1) is 16.4. The topological polar surface area (TPSA) is 54.3 Å². The molecule has 0 spiro atoms. The van der Waals surface area contributed by atoms with Gasteiger partial charge < -0.3 is 15.1 Å². The Bertz CT molecular complexity index is 809. The highest BCUT2D eigenvalue weighted by atomic mass is 35.5. The summed E-state index contributed by atoms with van der Waals surface area (Å²) >= 11 is 5.88. The summed E-state index contributed by atoms with van der Waals surface area (Å²) in [4.78, 5) is 12.2. The minimum atomic E-state index is -0.245. The summed E-state index contributed by atoms with van der Waals surface area (Å²) in [6.45, 7) is 3.82. The maximum Gasteiger partial charge on any atom is 0.315 e. The molecule has 0 saturated carbocycles. The Kier molecular flexibility index (Phi) is 4.76. The summed E-state index contributed by atoms with van der Waals surface area (Å²) in [5, 5.41) is 7.51. The summed E-state index contributed by atoms with van der Waals surface area (Å²) in [6, 6.07) is 16.5. The number of rotatable bonds is 4. The summed E-state index contributed by atoms with van der Waals surface area (Å²) in [5.41, 5.74) is 1.81. The molecule has 3 aromatic rings. The van der Waals surface area contributed by atoms with Crippen LogP contribution in [0.3, 0.4) is 0 Å². The second kappa shape index (κ2) is 6.97. The van der Waals surface area contributed by atoms with Crippen LogP contribution in [0.15, 0.2) is 59.0 Å². The molecule has 2 atom stereocenters. The normalized spacial score (nSPS) is 13.5. The fraction of sp³-hybridized carbons (Fsp3) is 0.211. The van der Waals surface area contributed by atoms with Crippen LogP contribution in [0.2, 0.25) is 5.02 Å². The summed E-state index contributed by atoms with van der Waals surface area (Å²) in [7, 11) is 0. The average Bonchev–Trinajstić information content (AvgIpc) is 2.99. The van der Waals surface area contributed by atoms with Crippen LogP contribution in [0.1, 0.15) is 37.3 Å². The van der Waals surface area contributed by atoms with E-state index >= 15 is 0 Å². The molecular weight excluding hydrogens is 324 g/mol. The van der Waals surface area contributed by atoms with E-state index in [0.29, 0.717) is 5.02 Å². The maximum atomic E-state index is 12.2. The van der Waals surface area contributed by atoms with Crippen LogP contribution in [0.5, 0.6) is 0 Å². The van der Waals surface area contributed by atoms with Crippen molar-refractivity contribution >= 4 is 28.6 Å². The van der Waals surface area contributed by atoms with Gasteiger partial charge in [-0.05, 0) is 43.7 Å². The first-order valence-electron chi connectivity index (χ1n) is 7.84. The van der Waals surface area contributed by atoms with Crippen molar-refractivity contribution in [2.24, 2.45) is 0 Å². The van der Waals surface area contributed by atoms with Crippen molar-refractivity contribution in [2.45, 2.75) is 25.9 Å². The number of para-hydroxylation sites is 1. The van der Waals surface area contributed by atoms with Gasteiger partial charge in [0.1, 0.15) is 11.3 Å². The lowest BCUT2D eigenvalue weighted by Gasteiger charge is -2.17. The minimum absolute atomic E-state index is 0.120. The zero-order valence-electron chi connectivity index (χ0n) is 13.5. The first-order valence-corrected chi connectivity index (χ1v) is 8.21. The molecule has 5 heteroatoms. The van der Waals surface area contributed by atoms with Crippen LogP contribution in [-0.4, -0.2) is 6.03 Å². The average molecular weight is 343 g/mol. The lowest BCUT2D eigenvalue weighted by atomic mass is 10.1. The summed E-state index contributed by atoms with van der Waals surface area (Å²) in [6.07, 6.45) is 0. The Morgan fingerprint density at radius 1 is 1.00 bits per heavy atom. The number of hydrogen-bond donors (Lipinski definition) is 2. The van der Waals surface area contributed by atoms with E-state index in [2.05, 4.69) is 10.6 Å². The van der Waals surface area contributed by atoms with Gasteiger partial charge in [0, 0.05) is 10.4 Å². The lowest BCUT2D eigenvalue weighted by molar-refractivity contribution is 0.233. The van der Waals surface area contributed by atoms with E-state index in [1.807, 2.05) is 68.4 Å². The summed E-state index contributed by atoms with van der Waals surface area (Å²) in [5.74, 6) is 0.727. The number of hydrogen-bond acceptors (Lipinski definition) is 2. The van der Waals surface area contributed by atoms with Gasteiger partial charge in [0.15, 0.2) is 0 Å². The zero-order valence-corrected chi connectivity index (χ0v) is 14.3. The molecule has 124 valence electrons. The molecule has 2 amide bonds. The van der Waals surface area contributed by atoms with E-state index in [4.69, 9.17) is 16.0 Å². The largest absolute Gasteiger partial charge is 0.459 e. The van der Waals surface area contributed by atoms with Gasteiger partial charge in [0.25, 0.3) is 0 Å². The predicted molar refractivity (Wildman–Crippen MR) is 96.2 cm³/mol. The van der Waals surface area contributed by atoms with Crippen LogP contribution in [-0.2, 0) is 0 Å². The number of halogens is 1. The molecule has 0 bridgehead atoms. The van der Waals surface area contributed by atoms with Gasteiger partial charge in [-0.1, -0.05) is 41.9 Å². The fourth-order valence-corrected chi connectivity index (χ4v) is 2.68. The van der Waals surface area contributed by atoms with Crippen LogP contribution in [0.4, 0.5) is 4.79 Å². The van der Waals surface area contributed by atoms with Gasteiger partial charge in [-0.25, -0.2) is 4.79 Å². The van der Waals surface area contributed by atoms with E-state index in [-0.39, 0.29) is 18.1 Å². The van der Waals surface area contributed by atoms with Crippen LogP contribution >= 0.6 is 11.6 Å². The first-order chi connectivity index (χ1) is 11.5. The molecule has 24 heavy (non-hydrogen) atoms. The van der Waals surface area contributed by atoms with Gasteiger partial charge in [-0.15, -0.1) is 0 Å². The number of carbonyl (C=O) groups excluding carboxylic acids is 1. The van der Waals surface area contributed by atoms with Crippen LogP contribution in [0, 0.1) is 0 Å². The lowest BCUT2D eigenvalue weighted by Crippen LogP contribution is -2.38. The third-order valence-corrected chi connectivity index (χ3v) is 4.19. The SMILES string of the molecule is C[C@@H](NC(=O)N[C@H](C)c1cc2ccccc2o1)c1ccc(Cl)cc1. The quantitative estimate of drug-likeness (QED) is 0.684. The molecule has 0 saturated heterocycles. The fourth-order valence-electron chi connectivity index (χ4n) is 2.56. The van der Waals surface area contributed by atoms with E-state index in [9.17, 15) is 4.79 Å².